The molecule has 0 spiro atoms. The van der Waals surface area contributed by atoms with E-state index in [0.717, 1.165) is 0 Å². The zero-order valence-electron chi connectivity index (χ0n) is 8.78. The van der Waals surface area contributed by atoms with Crippen molar-refractivity contribution in [2.24, 2.45) is 11.7 Å². The minimum atomic E-state index is -0.989. The van der Waals surface area contributed by atoms with Gasteiger partial charge in [-0.05, 0) is 19.3 Å². The lowest BCUT2D eigenvalue weighted by atomic mass is 10.1. The van der Waals surface area contributed by atoms with Crippen molar-refractivity contribution in [3.63, 3.8) is 0 Å². The van der Waals surface area contributed by atoms with E-state index in [2.05, 4.69) is 9.47 Å². The predicted molar refractivity (Wildman–Crippen MR) is 50.5 cm³/mol. The van der Waals surface area contributed by atoms with Gasteiger partial charge in [-0.2, -0.15) is 0 Å². The Hall–Kier alpha value is -1.10. The molecule has 0 heterocycles. The summed E-state index contributed by atoms with van der Waals surface area (Å²) in [7, 11) is 0. The van der Waals surface area contributed by atoms with E-state index in [1.807, 2.05) is 13.8 Å². The van der Waals surface area contributed by atoms with Gasteiger partial charge < -0.3 is 15.2 Å². The van der Waals surface area contributed by atoms with Gasteiger partial charge in [-0.15, -0.1) is 0 Å². The Bertz CT molecular complexity index is 203. The largest absolute Gasteiger partial charge is 0.516 e. The van der Waals surface area contributed by atoms with Crippen molar-refractivity contribution >= 4 is 12.1 Å². The van der Waals surface area contributed by atoms with Gasteiger partial charge in [0.1, 0.15) is 6.04 Å². The van der Waals surface area contributed by atoms with E-state index in [9.17, 15) is 9.59 Å². The average molecular weight is 203 g/mol. The van der Waals surface area contributed by atoms with E-state index < -0.39 is 18.2 Å². The van der Waals surface area contributed by atoms with Crippen LogP contribution in [0.3, 0.4) is 0 Å². The van der Waals surface area contributed by atoms with Crippen LogP contribution in [0.4, 0.5) is 4.79 Å². The lowest BCUT2D eigenvalue weighted by Gasteiger charge is -2.11. The quantitative estimate of drug-likeness (QED) is 0.546. The third kappa shape index (κ3) is 5.53. The van der Waals surface area contributed by atoms with E-state index in [4.69, 9.17) is 5.73 Å². The fourth-order valence-corrected chi connectivity index (χ4v) is 0.909. The molecular weight excluding hydrogens is 186 g/mol. The Morgan fingerprint density at radius 1 is 1.36 bits per heavy atom. The Morgan fingerprint density at radius 3 is 2.36 bits per heavy atom. The first-order valence-electron chi connectivity index (χ1n) is 4.61. The van der Waals surface area contributed by atoms with Gasteiger partial charge in [0, 0.05) is 0 Å². The highest BCUT2D eigenvalue weighted by atomic mass is 16.7. The zero-order chi connectivity index (χ0) is 11.1. The van der Waals surface area contributed by atoms with Crippen molar-refractivity contribution in [2.45, 2.75) is 33.2 Å². The Kier molecular flexibility index (Phi) is 5.87. The highest BCUT2D eigenvalue weighted by Gasteiger charge is 2.20. The van der Waals surface area contributed by atoms with Crippen molar-refractivity contribution in [2.75, 3.05) is 6.61 Å². The first-order chi connectivity index (χ1) is 6.47. The Labute approximate surface area is 83.5 Å². The smallest absolute Gasteiger partial charge is 0.434 e. The second-order valence-electron chi connectivity index (χ2n) is 3.34. The first kappa shape index (κ1) is 12.9. The summed E-state index contributed by atoms with van der Waals surface area (Å²) in [6, 6.07) is -0.764. The number of rotatable bonds is 4. The molecule has 14 heavy (non-hydrogen) atoms. The molecule has 5 nitrogen and oxygen atoms in total. The van der Waals surface area contributed by atoms with Gasteiger partial charge in [-0.25, -0.2) is 9.59 Å². The van der Waals surface area contributed by atoms with E-state index in [1.54, 1.807) is 6.92 Å². The molecule has 0 fully saturated rings. The van der Waals surface area contributed by atoms with E-state index in [-0.39, 0.29) is 12.5 Å². The highest BCUT2D eigenvalue weighted by Crippen LogP contribution is 2.04. The summed E-state index contributed by atoms with van der Waals surface area (Å²) >= 11 is 0. The molecule has 0 bridgehead atoms. The molecule has 2 N–H and O–H groups in total. The molecule has 0 saturated heterocycles. The van der Waals surface area contributed by atoms with Gasteiger partial charge in [0.2, 0.25) is 0 Å². The standard InChI is InChI=1S/C9H17NO4/c1-4-13-9(12)14-8(11)7(10)5-6(2)3/h6-7H,4-5,10H2,1-3H3/t7-/m0/s1. The minimum absolute atomic E-state index is 0.172. The molecule has 0 saturated carbocycles. The van der Waals surface area contributed by atoms with Crippen LogP contribution >= 0.6 is 0 Å². The topological polar surface area (TPSA) is 78.6 Å². The number of ether oxygens (including phenoxy) is 2. The maximum absolute atomic E-state index is 11.1. The molecule has 1 atom stereocenters. The van der Waals surface area contributed by atoms with Gasteiger partial charge in [-0.3, -0.25) is 0 Å². The normalized spacial score (nSPS) is 12.4. The summed E-state index contributed by atoms with van der Waals surface area (Å²) < 4.78 is 8.76. The summed E-state index contributed by atoms with van der Waals surface area (Å²) in [5.74, 6) is -0.461. The summed E-state index contributed by atoms with van der Waals surface area (Å²) in [5.41, 5.74) is 5.48. The number of hydrogen-bond donors (Lipinski definition) is 1. The molecule has 0 aliphatic carbocycles. The second kappa shape index (κ2) is 6.37. The van der Waals surface area contributed by atoms with Crippen LogP contribution in [0.25, 0.3) is 0 Å². The van der Waals surface area contributed by atoms with Crippen LogP contribution in [0.1, 0.15) is 27.2 Å². The van der Waals surface area contributed by atoms with Gasteiger partial charge in [0.15, 0.2) is 0 Å². The van der Waals surface area contributed by atoms with E-state index in [0.29, 0.717) is 6.42 Å². The Morgan fingerprint density at radius 2 is 1.93 bits per heavy atom. The molecule has 0 aromatic rings. The van der Waals surface area contributed by atoms with Crippen LogP contribution in [-0.2, 0) is 14.3 Å². The van der Waals surface area contributed by atoms with Crippen molar-refractivity contribution in [1.82, 2.24) is 0 Å². The highest BCUT2D eigenvalue weighted by molar-refractivity contribution is 5.85. The van der Waals surface area contributed by atoms with E-state index in [1.165, 1.54) is 0 Å². The van der Waals surface area contributed by atoms with Gasteiger partial charge in [-0.1, -0.05) is 13.8 Å². The van der Waals surface area contributed by atoms with Crippen molar-refractivity contribution in [3.8, 4) is 0 Å². The van der Waals surface area contributed by atoms with Crippen LogP contribution in [-0.4, -0.2) is 24.8 Å². The molecule has 0 aromatic heterocycles. The van der Waals surface area contributed by atoms with E-state index >= 15 is 0 Å². The number of nitrogens with two attached hydrogens (primary N) is 1. The number of carbonyl (C=O) groups excluding carboxylic acids is 2. The number of carbonyl (C=O) groups is 2. The molecule has 5 heteroatoms. The number of esters is 1. The van der Waals surface area contributed by atoms with Crippen LogP contribution in [0.5, 0.6) is 0 Å². The summed E-state index contributed by atoms with van der Waals surface area (Å²) in [6.45, 7) is 5.65. The Balaban J connectivity index is 3.89. The summed E-state index contributed by atoms with van der Waals surface area (Å²) in [4.78, 5) is 21.8. The van der Waals surface area contributed by atoms with Gasteiger partial charge in [0.05, 0.1) is 6.61 Å². The molecule has 0 amide bonds. The van der Waals surface area contributed by atoms with Crippen molar-refractivity contribution in [1.29, 1.82) is 0 Å². The summed E-state index contributed by atoms with van der Waals surface area (Å²) in [6.07, 6.45) is -0.505. The van der Waals surface area contributed by atoms with Gasteiger partial charge in [0.25, 0.3) is 0 Å². The molecule has 0 aromatic carbocycles. The molecular formula is C9H17NO4. The van der Waals surface area contributed by atoms with Gasteiger partial charge >= 0.3 is 12.1 Å². The number of hydrogen-bond acceptors (Lipinski definition) is 5. The summed E-state index contributed by atoms with van der Waals surface area (Å²) in [5, 5.41) is 0. The first-order valence-corrected chi connectivity index (χ1v) is 4.61. The zero-order valence-corrected chi connectivity index (χ0v) is 8.78. The second-order valence-corrected chi connectivity index (χ2v) is 3.34. The molecule has 0 aliphatic rings. The maximum Gasteiger partial charge on any atom is 0.516 e. The monoisotopic (exact) mass is 203 g/mol. The van der Waals surface area contributed by atoms with Crippen LogP contribution in [0, 0.1) is 5.92 Å². The molecule has 0 rings (SSSR count). The minimum Gasteiger partial charge on any atom is -0.434 e. The third-order valence-corrected chi connectivity index (χ3v) is 1.47. The maximum atomic E-state index is 11.1. The van der Waals surface area contributed by atoms with Crippen LogP contribution in [0.2, 0.25) is 0 Å². The molecule has 0 radical (unpaired) electrons. The molecule has 0 aliphatic heterocycles. The fraction of sp³-hybridized carbons (Fsp3) is 0.778. The van der Waals surface area contributed by atoms with Crippen LogP contribution < -0.4 is 5.73 Å². The average Bonchev–Trinajstić information content (AvgIpc) is 2.02. The SMILES string of the molecule is CCOC(=O)OC(=O)[C@@H](N)CC(C)C. The van der Waals surface area contributed by atoms with Crippen LogP contribution in [0.15, 0.2) is 0 Å². The van der Waals surface area contributed by atoms with Crippen molar-refractivity contribution < 1.29 is 19.1 Å². The lowest BCUT2D eigenvalue weighted by Crippen LogP contribution is -2.35. The predicted octanol–water partition coefficient (Wildman–Crippen LogP) is 1.06. The molecule has 0 unspecified atom stereocenters. The fourth-order valence-electron chi connectivity index (χ4n) is 0.909. The van der Waals surface area contributed by atoms with Crippen molar-refractivity contribution in [3.05, 3.63) is 0 Å². The third-order valence-electron chi connectivity index (χ3n) is 1.47. The molecule has 82 valence electrons. The lowest BCUT2D eigenvalue weighted by molar-refractivity contribution is -0.141.